The van der Waals surface area contributed by atoms with Crippen LogP contribution >= 0.6 is 0 Å². The van der Waals surface area contributed by atoms with Gasteiger partial charge in [0.05, 0.1) is 23.9 Å². The molecular weight excluding hydrogens is 456 g/mol. The van der Waals surface area contributed by atoms with Crippen molar-refractivity contribution < 1.29 is 19.4 Å². The van der Waals surface area contributed by atoms with Crippen molar-refractivity contribution in [1.82, 2.24) is 19.2 Å². The molecule has 3 aromatic rings. The quantitative estimate of drug-likeness (QED) is 0.260. The van der Waals surface area contributed by atoms with E-state index >= 15 is 0 Å². The summed E-state index contributed by atoms with van der Waals surface area (Å²) in [6.07, 6.45) is 2.51. The van der Waals surface area contributed by atoms with E-state index in [0.29, 0.717) is 35.9 Å². The molecule has 1 aliphatic heterocycles. The monoisotopic (exact) mass is 490 g/mol. The summed E-state index contributed by atoms with van der Waals surface area (Å²) in [6.45, 7) is 11.5. The minimum absolute atomic E-state index is 0.0840. The van der Waals surface area contributed by atoms with Crippen LogP contribution in [0.5, 0.6) is 5.75 Å². The smallest absolute Gasteiger partial charge is 0.295 e. The molecule has 1 amide bonds. The summed E-state index contributed by atoms with van der Waals surface area (Å²) in [5, 5.41) is 11.5. The van der Waals surface area contributed by atoms with Gasteiger partial charge in [-0.2, -0.15) is 0 Å². The van der Waals surface area contributed by atoms with Crippen LogP contribution in [0.2, 0.25) is 0 Å². The number of aliphatic hydroxyl groups is 1. The number of pyridine rings is 1. The second-order valence-electron chi connectivity index (χ2n) is 8.85. The molecule has 3 heterocycles. The van der Waals surface area contributed by atoms with Crippen LogP contribution in [0.25, 0.3) is 11.4 Å². The van der Waals surface area contributed by atoms with Gasteiger partial charge in [-0.1, -0.05) is 32.0 Å². The Hall–Kier alpha value is -3.65. The zero-order chi connectivity index (χ0) is 25.8. The Labute approximate surface area is 211 Å². The molecule has 0 aliphatic carbocycles. The highest BCUT2D eigenvalue weighted by Gasteiger charge is 2.46. The molecule has 1 N–H and O–H groups in total. The van der Waals surface area contributed by atoms with E-state index in [1.165, 1.54) is 0 Å². The second-order valence-corrected chi connectivity index (χ2v) is 8.85. The Morgan fingerprint density at radius 1 is 1.08 bits per heavy atom. The highest BCUT2D eigenvalue weighted by molar-refractivity contribution is 6.46. The molecule has 2 aromatic heterocycles. The van der Waals surface area contributed by atoms with Gasteiger partial charge in [0.25, 0.3) is 11.7 Å². The van der Waals surface area contributed by atoms with Crippen molar-refractivity contribution in [2.45, 2.75) is 40.2 Å². The van der Waals surface area contributed by atoms with Crippen LogP contribution in [-0.2, 0) is 9.59 Å². The molecule has 0 spiro atoms. The van der Waals surface area contributed by atoms with Gasteiger partial charge in [-0.3, -0.25) is 14.0 Å². The highest BCUT2D eigenvalue weighted by Crippen LogP contribution is 2.40. The number of benzene rings is 1. The second kappa shape index (κ2) is 11.0. The standard InChI is InChI=1S/C28H34N4O4/c1-5-30(6-2)16-10-18-32-25(20-12-14-21(15-13-20)36-7-3)23(27(34)28(32)35)26(33)24-19(4)29-22-11-8-9-17-31(22)24/h8-9,11-15,17,25,33H,5-7,10,16,18H2,1-4H3/t25-/m0/s1. The molecule has 0 saturated carbocycles. The normalized spacial score (nSPS) is 17.5. The zero-order valence-corrected chi connectivity index (χ0v) is 21.4. The fraction of sp³-hybridized carbons (Fsp3) is 0.393. The van der Waals surface area contributed by atoms with Crippen molar-refractivity contribution >= 4 is 23.1 Å². The SMILES string of the molecule is CCOc1ccc([C@H]2C(=C(O)c3c(C)nc4ccccn34)C(=O)C(=O)N2CCCN(CC)CC)cc1. The molecular formula is C28H34N4O4. The molecule has 1 aliphatic rings. The predicted octanol–water partition coefficient (Wildman–Crippen LogP) is 4.20. The summed E-state index contributed by atoms with van der Waals surface area (Å²) in [5.41, 5.74) is 2.48. The number of imidazole rings is 1. The van der Waals surface area contributed by atoms with Gasteiger partial charge in [0, 0.05) is 12.7 Å². The number of ether oxygens (including phenoxy) is 1. The largest absolute Gasteiger partial charge is 0.505 e. The summed E-state index contributed by atoms with van der Waals surface area (Å²) in [5.74, 6) is -0.784. The molecule has 8 heteroatoms. The summed E-state index contributed by atoms with van der Waals surface area (Å²) < 4.78 is 7.32. The molecule has 190 valence electrons. The maximum Gasteiger partial charge on any atom is 0.295 e. The zero-order valence-electron chi connectivity index (χ0n) is 21.4. The number of fused-ring (bicyclic) bond motifs is 1. The lowest BCUT2D eigenvalue weighted by atomic mass is 9.96. The first-order chi connectivity index (χ1) is 17.4. The fourth-order valence-electron chi connectivity index (χ4n) is 4.90. The Morgan fingerprint density at radius 3 is 2.47 bits per heavy atom. The predicted molar refractivity (Wildman–Crippen MR) is 139 cm³/mol. The third kappa shape index (κ3) is 4.73. The van der Waals surface area contributed by atoms with Crippen molar-refractivity contribution in [3.8, 4) is 5.75 Å². The van der Waals surface area contributed by atoms with E-state index < -0.39 is 17.7 Å². The average Bonchev–Trinajstić information content (AvgIpc) is 3.35. The van der Waals surface area contributed by atoms with Crippen LogP contribution in [0.1, 0.15) is 50.2 Å². The third-order valence-corrected chi connectivity index (χ3v) is 6.74. The third-order valence-electron chi connectivity index (χ3n) is 6.74. The minimum atomic E-state index is -0.703. The Bertz CT molecular complexity index is 1270. The number of aryl methyl sites for hydroxylation is 1. The number of hydrogen-bond donors (Lipinski definition) is 1. The first kappa shape index (κ1) is 25.4. The average molecular weight is 491 g/mol. The number of ketones is 1. The molecule has 1 saturated heterocycles. The molecule has 4 rings (SSSR count). The number of carbonyl (C=O) groups is 2. The van der Waals surface area contributed by atoms with E-state index in [4.69, 9.17) is 4.74 Å². The summed E-state index contributed by atoms with van der Waals surface area (Å²) in [7, 11) is 0. The van der Waals surface area contributed by atoms with Gasteiger partial charge in [0.15, 0.2) is 5.76 Å². The van der Waals surface area contributed by atoms with Gasteiger partial charge in [0.1, 0.15) is 17.1 Å². The van der Waals surface area contributed by atoms with E-state index in [0.717, 1.165) is 31.6 Å². The van der Waals surface area contributed by atoms with E-state index in [2.05, 4.69) is 23.7 Å². The van der Waals surface area contributed by atoms with Gasteiger partial charge < -0.3 is 19.6 Å². The van der Waals surface area contributed by atoms with Gasteiger partial charge in [-0.15, -0.1) is 0 Å². The number of nitrogens with zero attached hydrogens (tertiary/aromatic N) is 4. The topological polar surface area (TPSA) is 87.4 Å². The number of rotatable bonds is 10. The Balaban J connectivity index is 1.80. The lowest BCUT2D eigenvalue weighted by molar-refractivity contribution is -0.140. The maximum absolute atomic E-state index is 13.4. The molecule has 0 radical (unpaired) electrons. The fourth-order valence-corrected chi connectivity index (χ4v) is 4.90. The van der Waals surface area contributed by atoms with Crippen LogP contribution in [0.15, 0.2) is 54.2 Å². The molecule has 0 unspecified atom stereocenters. The first-order valence-corrected chi connectivity index (χ1v) is 12.6. The minimum Gasteiger partial charge on any atom is -0.505 e. The van der Waals surface area contributed by atoms with Crippen molar-refractivity contribution in [3.05, 3.63) is 71.2 Å². The van der Waals surface area contributed by atoms with Crippen LogP contribution in [0.3, 0.4) is 0 Å². The van der Waals surface area contributed by atoms with Crippen LogP contribution < -0.4 is 4.74 Å². The van der Waals surface area contributed by atoms with Gasteiger partial charge in [0.2, 0.25) is 0 Å². The van der Waals surface area contributed by atoms with Crippen molar-refractivity contribution in [1.29, 1.82) is 0 Å². The van der Waals surface area contributed by atoms with Crippen LogP contribution in [0, 0.1) is 6.92 Å². The van der Waals surface area contributed by atoms with E-state index in [1.54, 1.807) is 22.4 Å². The molecule has 36 heavy (non-hydrogen) atoms. The number of likely N-dealkylation sites (tertiary alicyclic amines) is 1. The number of carbonyl (C=O) groups excluding carboxylic acids is 2. The maximum atomic E-state index is 13.4. The van der Waals surface area contributed by atoms with Crippen molar-refractivity contribution in [2.75, 3.05) is 32.8 Å². The first-order valence-electron chi connectivity index (χ1n) is 12.6. The number of amides is 1. The summed E-state index contributed by atoms with van der Waals surface area (Å²) >= 11 is 0. The van der Waals surface area contributed by atoms with Crippen molar-refractivity contribution in [2.24, 2.45) is 0 Å². The molecule has 1 aromatic carbocycles. The van der Waals surface area contributed by atoms with Gasteiger partial charge >= 0.3 is 0 Å². The lowest BCUT2D eigenvalue weighted by Crippen LogP contribution is -2.33. The van der Waals surface area contributed by atoms with Gasteiger partial charge in [-0.25, -0.2) is 4.98 Å². The number of Topliss-reactive ketones (excluding diaryl/α,β-unsaturated/α-hetero) is 1. The van der Waals surface area contributed by atoms with Crippen LogP contribution in [-0.4, -0.2) is 68.8 Å². The van der Waals surface area contributed by atoms with E-state index in [1.807, 2.05) is 49.4 Å². The van der Waals surface area contributed by atoms with Crippen LogP contribution in [0.4, 0.5) is 0 Å². The molecule has 0 bridgehead atoms. The Kier molecular flexibility index (Phi) is 7.74. The Morgan fingerprint density at radius 2 is 1.81 bits per heavy atom. The number of aliphatic hydroxyl groups excluding tert-OH is 1. The summed E-state index contributed by atoms with van der Waals surface area (Å²) in [4.78, 5) is 35.1. The lowest BCUT2D eigenvalue weighted by Gasteiger charge is -2.27. The van der Waals surface area contributed by atoms with Crippen molar-refractivity contribution in [3.63, 3.8) is 0 Å². The number of hydrogen-bond acceptors (Lipinski definition) is 6. The molecule has 8 nitrogen and oxygen atoms in total. The van der Waals surface area contributed by atoms with E-state index in [9.17, 15) is 14.7 Å². The molecule has 1 atom stereocenters. The molecule has 1 fully saturated rings. The van der Waals surface area contributed by atoms with E-state index in [-0.39, 0.29) is 11.3 Å². The number of aromatic nitrogens is 2. The summed E-state index contributed by atoms with van der Waals surface area (Å²) in [6, 6.07) is 12.2. The highest BCUT2D eigenvalue weighted by atomic mass is 16.5. The van der Waals surface area contributed by atoms with Gasteiger partial charge in [-0.05, 0) is 69.7 Å².